The third kappa shape index (κ3) is 2.65. The van der Waals surface area contributed by atoms with Gasteiger partial charge in [-0.2, -0.15) is 0 Å². The number of ether oxygens (including phenoxy) is 1. The van der Waals surface area contributed by atoms with Gasteiger partial charge in [0.2, 0.25) is 0 Å². The fraction of sp³-hybridized carbons (Fsp3) is 1.00. The smallest absolute Gasteiger partial charge is 0.172 e. The van der Waals surface area contributed by atoms with Gasteiger partial charge in [0.15, 0.2) is 6.29 Å². The number of hydrogen-bond donors (Lipinski definition) is 4. The van der Waals surface area contributed by atoms with Gasteiger partial charge in [-0.1, -0.05) is 13.8 Å². The third-order valence-electron chi connectivity index (χ3n) is 2.44. The summed E-state index contributed by atoms with van der Waals surface area (Å²) in [5.41, 5.74) is 0. The van der Waals surface area contributed by atoms with Gasteiger partial charge in [0.25, 0.3) is 0 Å². The molecule has 1 saturated heterocycles. The molecule has 14 heavy (non-hydrogen) atoms. The molecule has 1 aliphatic heterocycles. The fourth-order valence-electron chi connectivity index (χ4n) is 1.72. The number of aliphatic hydroxyl groups is 2. The molecule has 5 nitrogen and oxygen atoms in total. The van der Waals surface area contributed by atoms with Crippen LogP contribution in [0.2, 0.25) is 0 Å². The quantitative estimate of drug-likeness (QED) is 0.456. The van der Waals surface area contributed by atoms with Crippen LogP contribution in [-0.4, -0.2) is 54.4 Å². The topological polar surface area (TPSA) is 73.8 Å². The Balaban J connectivity index is 2.52. The van der Waals surface area contributed by atoms with Crippen LogP contribution in [0.3, 0.4) is 0 Å². The molecule has 0 aromatic carbocycles. The minimum absolute atomic E-state index is 0.104. The van der Waals surface area contributed by atoms with Crippen molar-refractivity contribution in [2.24, 2.45) is 0 Å². The van der Waals surface area contributed by atoms with E-state index in [0.29, 0.717) is 13.2 Å². The molecular weight excluding hydrogens is 184 g/mol. The standard InChI is InChI=1S/C9H20N2O3/c1-3-10-6-5-14-9(13)7(8(6)12)11-4-2/h6-13H,3-5H2,1-2H3/t6-,7-,8+,9-/m1/s1. The minimum atomic E-state index is -0.917. The summed E-state index contributed by atoms with van der Waals surface area (Å²) < 4.78 is 5.15. The Morgan fingerprint density at radius 3 is 2.43 bits per heavy atom. The Morgan fingerprint density at radius 2 is 1.86 bits per heavy atom. The van der Waals surface area contributed by atoms with Crippen molar-refractivity contribution in [3.63, 3.8) is 0 Å². The first-order chi connectivity index (χ1) is 6.70. The number of aliphatic hydroxyl groups excluding tert-OH is 2. The normalized spacial score (nSPS) is 38.6. The van der Waals surface area contributed by atoms with E-state index in [0.717, 1.165) is 6.54 Å². The molecule has 84 valence electrons. The maximum absolute atomic E-state index is 9.90. The van der Waals surface area contributed by atoms with Gasteiger partial charge in [-0.25, -0.2) is 0 Å². The summed E-state index contributed by atoms with van der Waals surface area (Å²) in [7, 11) is 0. The van der Waals surface area contributed by atoms with Crippen molar-refractivity contribution < 1.29 is 14.9 Å². The van der Waals surface area contributed by atoms with Crippen LogP contribution < -0.4 is 10.6 Å². The highest BCUT2D eigenvalue weighted by Crippen LogP contribution is 2.13. The molecule has 4 atom stereocenters. The highest BCUT2D eigenvalue weighted by molar-refractivity contribution is 4.91. The largest absolute Gasteiger partial charge is 0.390 e. The van der Waals surface area contributed by atoms with Crippen molar-refractivity contribution in [2.75, 3.05) is 19.7 Å². The molecule has 0 unspecified atom stereocenters. The van der Waals surface area contributed by atoms with E-state index in [1.165, 1.54) is 0 Å². The van der Waals surface area contributed by atoms with Crippen LogP contribution in [-0.2, 0) is 4.74 Å². The molecule has 1 rings (SSSR count). The van der Waals surface area contributed by atoms with Crippen LogP contribution in [0.5, 0.6) is 0 Å². The van der Waals surface area contributed by atoms with E-state index in [1.807, 2.05) is 13.8 Å². The number of likely N-dealkylation sites (N-methyl/N-ethyl adjacent to an activating group) is 2. The summed E-state index contributed by atoms with van der Waals surface area (Å²) in [6, 6.07) is -0.509. The van der Waals surface area contributed by atoms with Gasteiger partial charge in [-0.15, -0.1) is 0 Å². The van der Waals surface area contributed by atoms with Crippen LogP contribution in [0.4, 0.5) is 0 Å². The molecule has 1 fully saturated rings. The molecule has 5 heteroatoms. The molecule has 0 bridgehead atoms. The monoisotopic (exact) mass is 204 g/mol. The highest BCUT2D eigenvalue weighted by atomic mass is 16.6. The molecule has 1 aliphatic rings. The second-order valence-electron chi connectivity index (χ2n) is 3.46. The van der Waals surface area contributed by atoms with Gasteiger partial charge >= 0.3 is 0 Å². The second kappa shape index (κ2) is 5.63. The van der Waals surface area contributed by atoms with Crippen molar-refractivity contribution in [3.8, 4) is 0 Å². The van der Waals surface area contributed by atoms with Crippen LogP contribution in [0.1, 0.15) is 13.8 Å². The Bertz CT molecular complexity index is 168. The minimum Gasteiger partial charge on any atom is -0.390 e. The average molecular weight is 204 g/mol. The van der Waals surface area contributed by atoms with E-state index in [1.54, 1.807) is 0 Å². The molecule has 0 aromatic heterocycles. The molecule has 0 amide bonds. The molecule has 4 N–H and O–H groups in total. The first-order valence-electron chi connectivity index (χ1n) is 5.15. The zero-order valence-corrected chi connectivity index (χ0v) is 8.73. The van der Waals surface area contributed by atoms with Gasteiger partial charge < -0.3 is 25.6 Å². The van der Waals surface area contributed by atoms with Crippen LogP contribution in [0, 0.1) is 0 Å². The lowest BCUT2D eigenvalue weighted by Crippen LogP contribution is -2.62. The van der Waals surface area contributed by atoms with Gasteiger partial charge in [0.1, 0.15) is 0 Å². The first kappa shape index (κ1) is 11.9. The summed E-state index contributed by atoms with van der Waals surface area (Å²) in [6.45, 7) is 5.72. The third-order valence-corrected chi connectivity index (χ3v) is 2.44. The SMILES string of the molecule is CCN[C@@H]1[C@@H](O)[C@H](NCC)CO[C@H]1O. The molecule has 0 radical (unpaired) electrons. The van der Waals surface area contributed by atoms with Crippen molar-refractivity contribution >= 4 is 0 Å². The van der Waals surface area contributed by atoms with E-state index >= 15 is 0 Å². The van der Waals surface area contributed by atoms with Crippen molar-refractivity contribution in [1.82, 2.24) is 10.6 Å². The molecule has 0 aromatic rings. The van der Waals surface area contributed by atoms with E-state index in [-0.39, 0.29) is 6.04 Å². The predicted octanol–water partition coefficient (Wildman–Crippen LogP) is -1.35. The lowest BCUT2D eigenvalue weighted by molar-refractivity contribution is -0.184. The van der Waals surface area contributed by atoms with Crippen molar-refractivity contribution in [3.05, 3.63) is 0 Å². The fourth-order valence-corrected chi connectivity index (χ4v) is 1.72. The number of rotatable bonds is 4. The Kier molecular flexibility index (Phi) is 4.77. The molecule has 0 spiro atoms. The lowest BCUT2D eigenvalue weighted by Gasteiger charge is -2.38. The predicted molar refractivity (Wildman–Crippen MR) is 52.9 cm³/mol. The lowest BCUT2D eigenvalue weighted by atomic mass is 10.0. The van der Waals surface area contributed by atoms with Crippen LogP contribution in [0.25, 0.3) is 0 Å². The molecule has 1 heterocycles. The van der Waals surface area contributed by atoms with Crippen LogP contribution in [0.15, 0.2) is 0 Å². The van der Waals surface area contributed by atoms with E-state index in [4.69, 9.17) is 4.74 Å². The van der Waals surface area contributed by atoms with Crippen molar-refractivity contribution in [1.29, 1.82) is 0 Å². The molecule has 0 aliphatic carbocycles. The summed E-state index contributed by atoms with van der Waals surface area (Å²) in [6.07, 6.45) is -1.53. The number of hydrogen-bond acceptors (Lipinski definition) is 5. The van der Waals surface area contributed by atoms with Crippen molar-refractivity contribution in [2.45, 2.75) is 38.3 Å². The van der Waals surface area contributed by atoms with E-state index in [2.05, 4.69) is 10.6 Å². The zero-order chi connectivity index (χ0) is 10.6. The summed E-state index contributed by atoms with van der Waals surface area (Å²) >= 11 is 0. The van der Waals surface area contributed by atoms with Crippen LogP contribution >= 0.6 is 0 Å². The van der Waals surface area contributed by atoms with E-state index < -0.39 is 18.4 Å². The maximum Gasteiger partial charge on any atom is 0.172 e. The molecular formula is C9H20N2O3. The Labute approximate surface area is 84.5 Å². The van der Waals surface area contributed by atoms with Gasteiger partial charge in [-0.05, 0) is 13.1 Å². The average Bonchev–Trinajstić information content (AvgIpc) is 2.17. The zero-order valence-electron chi connectivity index (χ0n) is 8.73. The first-order valence-corrected chi connectivity index (χ1v) is 5.15. The summed E-state index contributed by atoms with van der Waals surface area (Å²) in [5, 5.41) is 25.5. The highest BCUT2D eigenvalue weighted by Gasteiger charge is 2.37. The Morgan fingerprint density at radius 1 is 1.21 bits per heavy atom. The van der Waals surface area contributed by atoms with Gasteiger partial charge in [-0.3, -0.25) is 0 Å². The van der Waals surface area contributed by atoms with Gasteiger partial charge in [0, 0.05) is 0 Å². The van der Waals surface area contributed by atoms with E-state index in [9.17, 15) is 10.2 Å². The maximum atomic E-state index is 9.90. The number of nitrogens with one attached hydrogen (secondary N) is 2. The van der Waals surface area contributed by atoms with Gasteiger partial charge in [0.05, 0.1) is 24.8 Å². The summed E-state index contributed by atoms with van der Waals surface area (Å²) in [4.78, 5) is 0. The Hall–Kier alpha value is -0.200. The summed E-state index contributed by atoms with van der Waals surface area (Å²) in [5.74, 6) is 0. The second-order valence-corrected chi connectivity index (χ2v) is 3.46. The molecule has 0 saturated carbocycles.